The molecule has 0 saturated carbocycles. The summed E-state index contributed by atoms with van der Waals surface area (Å²) >= 11 is 5.47. The van der Waals surface area contributed by atoms with E-state index in [-0.39, 0.29) is 4.21 Å². The predicted octanol–water partition coefficient (Wildman–Crippen LogP) is 2.79. The van der Waals surface area contributed by atoms with Gasteiger partial charge in [0.15, 0.2) is 5.13 Å². The predicted molar refractivity (Wildman–Crippen MR) is 78.2 cm³/mol. The number of amides is 2. The van der Waals surface area contributed by atoms with Crippen LogP contribution in [0.4, 0.5) is 9.93 Å². The van der Waals surface area contributed by atoms with Crippen LogP contribution >= 0.6 is 38.6 Å². The monoisotopic (exact) mass is 381 g/mol. The summed E-state index contributed by atoms with van der Waals surface area (Å²) in [5, 5.41) is 2.66. The molecular weight excluding hydrogens is 374 g/mol. The van der Waals surface area contributed by atoms with Gasteiger partial charge in [0.2, 0.25) is 0 Å². The fourth-order valence-electron chi connectivity index (χ4n) is 1.16. The summed E-state index contributed by atoms with van der Waals surface area (Å²) in [5.41, 5.74) is 0. The number of nitrogens with zero attached hydrogens (tertiary/aromatic N) is 1. The smallest absolute Gasteiger partial charge is 0.283 e. The van der Waals surface area contributed by atoms with Crippen molar-refractivity contribution in [3.8, 4) is 0 Å². The topological polar surface area (TPSA) is 88.2 Å². The van der Waals surface area contributed by atoms with Crippen molar-refractivity contribution in [3.05, 3.63) is 27.0 Å². The van der Waals surface area contributed by atoms with Crippen LogP contribution in [0.2, 0.25) is 0 Å². The second-order valence-electron chi connectivity index (χ2n) is 3.39. The van der Waals surface area contributed by atoms with E-state index in [0.717, 1.165) is 20.0 Å². The number of urea groups is 1. The first-order valence-electron chi connectivity index (χ1n) is 4.88. The average molecular weight is 382 g/mol. The molecule has 0 radical (unpaired) electrons. The summed E-state index contributed by atoms with van der Waals surface area (Å²) in [6.07, 6.45) is 1.51. The molecule has 0 saturated heterocycles. The van der Waals surface area contributed by atoms with Crippen LogP contribution in [0.5, 0.6) is 0 Å². The molecule has 0 atom stereocenters. The molecular formula is C9H8BrN3O3S3. The van der Waals surface area contributed by atoms with Gasteiger partial charge < -0.3 is 0 Å². The van der Waals surface area contributed by atoms with Crippen LogP contribution in [0.15, 0.2) is 26.3 Å². The highest BCUT2D eigenvalue weighted by molar-refractivity contribution is 9.11. The van der Waals surface area contributed by atoms with Gasteiger partial charge in [0, 0.05) is 4.88 Å². The Balaban J connectivity index is 2.06. The van der Waals surface area contributed by atoms with Crippen molar-refractivity contribution >= 4 is 59.8 Å². The van der Waals surface area contributed by atoms with Crippen LogP contribution in [0, 0.1) is 6.92 Å². The maximum Gasteiger partial charge on any atom is 0.334 e. The van der Waals surface area contributed by atoms with Gasteiger partial charge in [-0.3, -0.25) is 5.32 Å². The second kappa shape index (κ2) is 5.57. The van der Waals surface area contributed by atoms with Crippen molar-refractivity contribution in [1.29, 1.82) is 0 Å². The number of sulfonamides is 1. The Morgan fingerprint density at radius 1 is 1.37 bits per heavy atom. The molecule has 102 valence electrons. The Labute approximate surface area is 126 Å². The zero-order valence-corrected chi connectivity index (χ0v) is 13.5. The number of carbonyl (C=O) groups excluding carboxylic acids is 1. The molecule has 2 heterocycles. The van der Waals surface area contributed by atoms with E-state index in [1.807, 2.05) is 4.72 Å². The van der Waals surface area contributed by atoms with Gasteiger partial charge in [-0.25, -0.2) is 22.9 Å². The molecule has 10 heteroatoms. The lowest BCUT2D eigenvalue weighted by molar-refractivity contribution is 0.256. The fourth-order valence-corrected chi connectivity index (χ4v) is 4.46. The minimum Gasteiger partial charge on any atom is -0.283 e. The van der Waals surface area contributed by atoms with E-state index in [1.54, 1.807) is 13.0 Å². The molecule has 2 aromatic heterocycles. The van der Waals surface area contributed by atoms with E-state index >= 15 is 0 Å². The highest BCUT2D eigenvalue weighted by atomic mass is 79.9. The largest absolute Gasteiger partial charge is 0.334 e. The van der Waals surface area contributed by atoms with E-state index in [2.05, 4.69) is 26.2 Å². The summed E-state index contributed by atoms with van der Waals surface area (Å²) in [6.45, 7) is 1.79. The molecule has 0 aliphatic rings. The van der Waals surface area contributed by atoms with E-state index in [9.17, 15) is 13.2 Å². The van der Waals surface area contributed by atoms with Crippen molar-refractivity contribution in [2.24, 2.45) is 0 Å². The van der Waals surface area contributed by atoms with E-state index in [4.69, 9.17) is 0 Å². The first-order chi connectivity index (χ1) is 8.87. The number of thiophene rings is 1. The maximum atomic E-state index is 11.9. The molecule has 2 amide bonds. The second-order valence-corrected chi connectivity index (χ2v) is 9.00. The molecule has 0 fully saturated rings. The Hall–Kier alpha value is -0.970. The molecule has 6 nitrogen and oxygen atoms in total. The first-order valence-corrected chi connectivity index (χ1v) is 8.79. The van der Waals surface area contributed by atoms with Crippen molar-refractivity contribution < 1.29 is 13.2 Å². The SMILES string of the molecule is Cc1ccc(S(=O)(=O)NC(=O)Nc2ncc(Br)s2)s1. The van der Waals surface area contributed by atoms with Crippen molar-refractivity contribution in [2.75, 3.05) is 5.32 Å². The third kappa shape index (κ3) is 3.75. The molecule has 19 heavy (non-hydrogen) atoms. The normalized spacial score (nSPS) is 11.3. The number of anilines is 1. The van der Waals surface area contributed by atoms with Crippen molar-refractivity contribution in [1.82, 2.24) is 9.71 Å². The van der Waals surface area contributed by atoms with Gasteiger partial charge >= 0.3 is 6.03 Å². The molecule has 0 aliphatic carbocycles. The van der Waals surface area contributed by atoms with E-state index < -0.39 is 16.1 Å². The van der Waals surface area contributed by atoms with Crippen LogP contribution in [-0.4, -0.2) is 19.4 Å². The van der Waals surface area contributed by atoms with Crippen molar-refractivity contribution in [3.63, 3.8) is 0 Å². The lowest BCUT2D eigenvalue weighted by Gasteiger charge is -2.04. The molecule has 2 N–H and O–H groups in total. The molecule has 2 rings (SSSR count). The van der Waals surface area contributed by atoms with Gasteiger partial charge in [-0.2, -0.15) is 0 Å². The Morgan fingerprint density at radius 3 is 2.63 bits per heavy atom. The lowest BCUT2D eigenvalue weighted by atomic mass is 10.5. The lowest BCUT2D eigenvalue weighted by Crippen LogP contribution is -2.33. The number of halogens is 1. The minimum absolute atomic E-state index is 0.0977. The molecule has 0 spiro atoms. The fraction of sp³-hybridized carbons (Fsp3) is 0.111. The highest BCUT2D eigenvalue weighted by Crippen LogP contribution is 2.23. The highest BCUT2D eigenvalue weighted by Gasteiger charge is 2.19. The van der Waals surface area contributed by atoms with Crippen LogP contribution < -0.4 is 10.0 Å². The number of rotatable bonds is 3. The third-order valence-corrected chi connectivity index (χ3v) is 6.12. The van der Waals surface area contributed by atoms with Crippen molar-refractivity contribution in [2.45, 2.75) is 11.1 Å². The van der Waals surface area contributed by atoms with Crippen LogP contribution in [0.1, 0.15) is 4.88 Å². The minimum atomic E-state index is -3.83. The number of carbonyl (C=O) groups is 1. The van der Waals surface area contributed by atoms with Gasteiger partial charge in [-0.1, -0.05) is 11.3 Å². The third-order valence-electron chi connectivity index (χ3n) is 1.91. The van der Waals surface area contributed by atoms with Gasteiger partial charge in [0.25, 0.3) is 10.0 Å². The van der Waals surface area contributed by atoms with Crippen LogP contribution in [0.3, 0.4) is 0 Å². The summed E-state index contributed by atoms with van der Waals surface area (Å²) in [4.78, 5) is 16.3. The van der Waals surface area contributed by atoms with Crippen LogP contribution in [-0.2, 0) is 10.0 Å². The maximum absolute atomic E-state index is 11.9. The summed E-state index contributed by atoms with van der Waals surface area (Å²) in [6, 6.07) is 2.29. The number of nitrogens with one attached hydrogen (secondary N) is 2. The van der Waals surface area contributed by atoms with Gasteiger partial charge in [0.05, 0.1) is 9.98 Å². The molecule has 0 unspecified atom stereocenters. The number of thiazole rings is 1. The first kappa shape index (κ1) is 14.4. The standard InChI is InChI=1S/C9H8BrN3O3S3/c1-5-2-3-7(17-5)19(15,16)13-8(14)12-9-11-4-6(10)18-9/h2-4H,1H3,(H2,11,12,13,14). The molecule has 2 aromatic rings. The number of aromatic nitrogens is 1. The molecule has 0 aliphatic heterocycles. The Kier molecular flexibility index (Phi) is 4.23. The summed E-state index contributed by atoms with van der Waals surface area (Å²) in [5.74, 6) is 0. The molecule has 0 aromatic carbocycles. The zero-order valence-electron chi connectivity index (χ0n) is 9.51. The quantitative estimate of drug-likeness (QED) is 0.855. The van der Waals surface area contributed by atoms with Gasteiger partial charge in [-0.05, 0) is 35.0 Å². The van der Waals surface area contributed by atoms with Crippen LogP contribution in [0.25, 0.3) is 0 Å². The zero-order chi connectivity index (χ0) is 14.0. The Bertz CT molecular complexity index is 707. The van der Waals surface area contributed by atoms with E-state index in [0.29, 0.717) is 5.13 Å². The average Bonchev–Trinajstić information content (AvgIpc) is 2.87. The van der Waals surface area contributed by atoms with E-state index in [1.165, 1.54) is 23.6 Å². The van der Waals surface area contributed by atoms with Gasteiger partial charge in [0.1, 0.15) is 4.21 Å². The molecule has 0 bridgehead atoms. The number of hydrogen-bond donors (Lipinski definition) is 2. The van der Waals surface area contributed by atoms with Gasteiger partial charge in [-0.15, -0.1) is 11.3 Å². The number of hydrogen-bond acceptors (Lipinski definition) is 6. The summed E-state index contributed by atoms with van der Waals surface area (Å²) < 4.78 is 26.5. The Morgan fingerprint density at radius 2 is 2.11 bits per heavy atom. The summed E-state index contributed by atoms with van der Waals surface area (Å²) in [7, 11) is -3.83. The number of aryl methyl sites for hydroxylation is 1.